The van der Waals surface area contributed by atoms with Crippen LogP contribution in [0.25, 0.3) is 11.3 Å². The maximum atomic E-state index is 12.5. The second-order valence-corrected chi connectivity index (χ2v) is 7.22. The summed E-state index contributed by atoms with van der Waals surface area (Å²) in [5.74, 6) is 0.518. The predicted molar refractivity (Wildman–Crippen MR) is 102 cm³/mol. The van der Waals surface area contributed by atoms with E-state index in [-0.39, 0.29) is 11.1 Å². The SMILES string of the molecule is Cc1c(OCc2ccc(-c3ccccn3)cc2)cnn(C(C)(C)C)c1=O. The summed E-state index contributed by atoms with van der Waals surface area (Å²) in [6, 6.07) is 13.9. The molecule has 2 heterocycles. The van der Waals surface area contributed by atoms with E-state index in [0.717, 1.165) is 16.8 Å². The van der Waals surface area contributed by atoms with Crippen molar-refractivity contribution in [1.82, 2.24) is 14.8 Å². The van der Waals surface area contributed by atoms with Crippen LogP contribution in [0.2, 0.25) is 0 Å². The van der Waals surface area contributed by atoms with Crippen LogP contribution < -0.4 is 10.3 Å². The summed E-state index contributed by atoms with van der Waals surface area (Å²) in [6.07, 6.45) is 3.39. The summed E-state index contributed by atoms with van der Waals surface area (Å²) in [4.78, 5) is 16.8. The molecule has 134 valence electrons. The standard InChI is InChI=1S/C21H23N3O2/c1-15-19(13-23-24(20(15)25)21(2,3)4)26-14-16-8-10-17(11-9-16)18-7-5-6-12-22-18/h5-13H,14H2,1-4H3. The van der Waals surface area contributed by atoms with Gasteiger partial charge in [0.05, 0.1) is 23.0 Å². The highest BCUT2D eigenvalue weighted by Crippen LogP contribution is 2.19. The van der Waals surface area contributed by atoms with Crippen LogP contribution in [0, 0.1) is 6.92 Å². The Kier molecular flexibility index (Phi) is 4.89. The predicted octanol–water partition coefficient (Wildman–Crippen LogP) is 3.95. The normalized spacial score (nSPS) is 11.4. The van der Waals surface area contributed by atoms with E-state index >= 15 is 0 Å². The molecule has 0 bridgehead atoms. The molecular weight excluding hydrogens is 326 g/mol. The van der Waals surface area contributed by atoms with Crippen LogP contribution in [-0.2, 0) is 12.1 Å². The molecule has 5 nitrogen and oxygen atoms in total. The highest BCUT2D eigenvalue weighted by molar-refractivity contribution is 5.58. The highest BCUT2D eigenvalue weighted by Gasteiger charge is 2.18. The minimum absolute atomic E-state index is 0.125. The summed E-state index contributed by atoms with van der Waals surface area (Å²) >= 11 is 0. The van der Waals surface area contributed by atoms with E-state index in [2.05, 4.69) is 10.1 Å². The molecule has 3 aromatic rings. The van der Waals surface area contributed by atoms with Crippen molar-refractivity contribution in [3.63, 3.8) is 0 Å². The molecule has 0 N–H and O–H groups in total. The second-order valence-electron chi connectivity index (χ2n) is 7.22. The molecule has 0 atom stereocenters. The first-order valence-corrected chi connectivity index (χ1v) is 8.59. The molecule has 0 saturated carbocycles. The summed E-state index contributed by atoms with van der Waals surface area (Å²) in [5.41, 5.74) is 3.09. The lowest BCUT2D eigenvalue weighted by atomic mass is 10.1. The lowest BCUT2D eigenvalue weighted by Gasteiger charge is -2.21. The Morgan fingerprint density at radius 2 is 1.81 bits per heavy atom. The molecule has 1 aromatic carbocycles. The molecule has 0 spiro atoms. The maximum absolute atomic E-state index is 12.5. The van der Waals surface area contributed by atoms with Crippen molar-refractivity contribution in [1.29, 1.82) is 0 Å². The van der Waals surface area contributed by atoms with Crippen LogP contribution in [0.15, 0.2) is 59.7 Å². The van der Waals surface area contributed by atoms with Gasteiger partial charge in [0.2, 0.25) is 0 Å². The molecule has 0 aliphatic rings. The first-order chi connectivity index (χ1) is 12.4. The Morgan fingerprint density at radius 1 is 1.08 bits per heavy atom. The lowest BCUT2D eigenvalue weighted by Crippen LogP contribution is -2.37. The Morgan fingerprint density at radius 3 is 2.42 bits per heavy atom. The largest absolute Gasteiger partial charge is 0.487 e. The minimum atomic E-state index is -0.359. The third-order valence-electron chi connectivity index (χ3n) is 4.12. The van der Waals surface area contributed by atoms with Crippen molar-refractivity contribution in [2.75, 3.05) is 0 Å². The monoisotopic (exact) mass is 349 g/mol. The van der Waals surface area contributed by atoms with Gasteiger partial charge in [-0.15, -0.1) is 0 Å². The second kappa shape index (κ2) is 7.12. The zero-order valence-electron chi connectivity index (χ0n) is 15.6. The zero-order chi connectivity index (χ0) is 18.7. The number of rotatable bonds is 4. The van der Waals surface area contributed by atoms with E-state index in [9.17, 15) is 4.79 Å². The number of pyridine rings is 1. The average molecular weight is 349 g/mol. The van der Waals surface area contributed by atoms with E-state index < -0.39 is 0 Å². The number of hydrogen-bond acceptors (Lipinski definition) is 4. The van der Waals surface area contributed by atoms with Gasteiger partial charge in [0.15, 0.2) is 0 Å². The van der Waals surface area contributed by atoms with E-state index in [1.165, 1.54) is 4.68 Å². The Balaban J connectivity index is 1.74. The Bertz CT molecular complexity index is 940. The van der Waals surface area contributed by atoms with Gasteiger partial charge >= 0.3 is 0 Å². The van der Waals surface area contributed by atoms with Crippen LogP contribution >= 0.6 is 0 Å². The van der Waals surface area contributed by atoms with E-state index in [0.29, 0.717) is 17.9 Å². The zero-order valence-corrected chi connectivity index (χ0v) is 15.6. The molecule has 0 saturated heterocycles. The van der Waals surface area contributed by atoms with Gasteiger partial charge in [-0.25, -0.2) is 4.68 Å². The van der Waals surface area contributed by atoms with Crippen molar-refractivity contribution >= 4 is 0 Å². The molecule has 26 heavy (non-hydrogen) atoms. The molecule has 0 unspecified atom stereocenters. The van der Waals surface area contributed by atoms with Gasteiger partial charge in [-0.1, -0.05) is 30.3 Å². The van der Waals surface area contributed by atoms with Crippen molar-refractivity contribution < 1.29 is 4.74 Å². The molecule has 3 rings (SSSR count). The van der Waals surface area contributed by atoms with Crippen LogP contribution in [0.1, 0.15) is 31.9 Å². The number of ether oxygens (including phenoxy) is 1. The fraction of sp³-hybridized carbons (Fsp3) is 0.286. The summed E-state index contributed by atoms with van der Waals surface area (Å²) in [5, 5.41) is 4.25. The number of hydrogen-bond donors (Lipinski definition) is 0. The summed E-state index contributed by atoms with van der Waals surface area (Å²) in [6.45, 7) is 8.00. The van der Waals surface area contributed by atoms with Gasteiger partial charge in [0, 0.05) is 11.8 Å². The average Bonchev–Trinajstić information content (AvgIpc) is 2.63. The smallest absolute Gasteiger partial charge is 0.273 e. The van der Waals surface area contributed by atoms with Gasteiger partial charge < -0.3 is 4.74 Å². The molecule has 5 heteroatoms. The fourth-order valence-corrected chi connectivity index (χ4v) is 2.61. The third kappa shape index (κ3) is 3.82. The van der Waals surface area contributed by atoms with Crippen molar-refractivity contribution in [3.8, 4) is 17.0 Å². The van der Waals surface area contributed by atoms with Crippen LogP contribution in [0.5, 0.6) is 5.75 Å². The molecule has 0 radical (unpaired) electrons. The first kappa shape index (κ1) is 17.9. The Hall–Kier alpha value is -2.95. The fourth-order valence-electron chi connectivity index (χ4n) is 2.61. The maximum Gasteiger partial charge on any atom is 0.273 e. The molecule has 0 fully saturated rings. The Labute approximate surface area is 153 Å². The van der Waals surface area contributed by atoms with Crippen LogP contribution in [-0.4, -0.2) is 14.8 Å². The van der Waals surface area contributed by atoms with Crippen LogP contribution in [0.4, 0.5) is 0 Å². The molecule has 0 aliphatic carbocycles. The van der Waals surface area contributed by atoms with Gasteiger partial charge in [-0.2, -0.15) is 5.10 Å². The summed E-state index contributed by atoms with van der Waals surface area (Å²) < 4.78 is 7.31. The summed E-state index contributed by atoms with van der Waals surface area (Å²) in [7, 11) is 0. The molecule has 0 aliphatic heterocycles. The van der Waals surface area contributed by atoms with Crippen molar-refractivity contribution in [2.24, 2.45) is 0 Å². The number of nitrogens with zero attached hydrogens (tertiary/aromatic N) is 3. The van der Waals surface area contributed by atoms with Gasteiger partial charge in [-0.05, 0) is 45.4 Å². The van der Waals surface area contributed by atoms with E-state index in [1.54, 1.807) is 19.3 Å². The molecular formula is C21H23N3O2. The molecule has 2 aromatic heterocycles. The van der Waals surface area contributed by atoms with E-state index in [1.807, 2.05) is 63.2 Å². The lowest BCUT2D eigenvalue weighted by molar-refractivity contribution is 0.289. The minimum Gasteiger partial charge on any atom is -0.487 e. The van der Waals surface area contributed by atoms with Gasteiger partial charge in [0.25, 0.3) is 5.56 Å². The quantitative estimate of drug-likeness (QED) is 0.716. The van der Waals surface area contributed by atoms with Crippen LogP contribution in [0.3, 0.4) is 0 Å². The molecule has 0 amide bonds. The van der Waals surface area contributed by atoms with E-state index in [4.69, 9.17) is 4.74 Å². The van der Waals surface area contributed by atoms with Gasteiger partial charge in [-0.3, -0.25) is 9.78 Å². The third-order valence-corrected chi connectivity index (χ3v) is 4.12. The number of benzene rings is 1. The topological polar surface area (TPSA) is 57.0 Å². The number of aromatic nitrogens is 3. The van der Waals surface area contributed by atoms with Crippen molar-refractivity contribution in [2.45, 2.75) is 39.8 Å². The first-order valence-electron chi connectivity index (χ1n) is 8.59. The van der Waals surface area contributed by atoms with Crippen molar-refractivity contribution in [3.05, 3.63) is 76.3 Å². The highest BCUT2D eigenvalue weighted by atomic mass is 16.5. The van der Waals surface area contributed by atoms with Gasteiger partial charge in [0.1, 0.15) is 12.4 Å².